The average Bonchev–Trinajstić information content (AvgIpc) is 2.44. The highest BCUT2D eigenvalue weighted by atomic mass is 16.5. The van der Waals surface area contributed by atoms with Crippen molar-refractivity contribution in [2.75, 3.05) is 26.7 Å². The number of nitrogens with zero attached hydrogens (tertiary/aromatic N) is 1. The Bertz CT molecular complexity index is 433. The molecular weight excluding hydrogens is 248 g/mol. The largest absolute Gasteiger partial charge is 0.494 e. The van der Waals surface area contributed by atoms with Crippen LogP contribution in [0.3, 0.4) is 0 Å². The molecular formula is C17H28N2O. The fraction of sp³-hybridized carbons (Fsp3) is 0.647. The first-order valence-electron chi connectivity index (χ1n) is 7.81. The lowest BCUT2D eigenvalue weighted by molar-refractivity contribution is 0.158. The zero-order valence-electron chi connectivity index (χ0n) is 13.1. The van der Waals surface area contributed by atoms with E-state index in [1.54, 1.807) is 0 Å². The van der Waals surface area contributed by atoms with Crippen molar-refractivity contribution in [2.45, 2.75) is 45.1 Å². The topological polar surface area (TPSA) is 38.5 Å². The molecule has 1 fully saturated rings. The number of benzene rings is 1. The first kappa shape index (κ1) is 15.3. The van der Waals surface area contributed by atoms with Crippen molar-refractivity contribution in [2.24, 2.45) is 5.73 Å². The van der Waals surface area contributed by atoms with Gasteiger partial charge in [-0.1, -0.05) is 24.1 Å². The van der Waals surface area contributed by atoms with Crippen LogP contribution in [0.1, 0.15) is 43.2 Å². The zero-order valence-corrected chi connectivity index (χ0v) is 13.1. The molecule has 112 valence electrons. The molecule has 1 aromatic rings. The highest BCUT2D eigenvalue weighted by molar-refractivity contribution is 5.40. The zero-order chi connectivity index (χ0) is 14.5. The van der Waals surface area contributed by atoms with Gasteiger partial charge in [-0.15, -0.1) is 0 Å². The standard InChI is InChI=1S/C17H28N2O/c1-4-20-17-9-8-13(2)11-14(17)15(12-18)16-7-5-6-10-19(16)3/h8-9,11,15-16H,4-7,10,12,18H2,1-3H3. The van der Waals surface area contributed by atoms with E-state index in [1.165, 1.54) is 36.9 Å². The Morgan fingerprint density at radius 1 is 1.40 bits per heavy atom. The number of hydrogen-bond acceptors (Lipinski definition) is 3. The molecule has 0 amide bonds. The Labute approximate surface area is 123 Å². The minimum atomic E-state index is 0.363. The Hall–Kier alpha value is -1.06. The van der Waals surface area contributed by atoms with Crippen LogP contribution in [-0.4, -0.2) is 37.7 Å². The molecule has 1 aliphatic heterocycles. The molecule has 0 aliphatic carbocycles. The summed E-state index contributed by atoms with van der Waals surface area (Å²) in [5.74, 6) is 1.37. The molecule has 1 aliphatic rings. The molecule has 2 rings (SSSR count). The van der Waals surface area contributed by atoms with Crippen LogP contribution in [0.5, 0.6) is 5.75 Å². The molecule has 2 atom stereocenters. The summed E-state index contributed by atoms with van der Waals surface area (Å²) in [5, 5.41) is 0. The molecule has 0 spiro atoms. The summed E-state index contributed by atoms with van der Waals surface area (Å²) >= 11 is 0. The fourth-order valence-corrected chi connectivity index (χ4v) is 3.35. The van der Waals surface area contributed by atoms with Crippen LogP contribution in [-0.2, 0) is 0 Å². The Morgan fingerprint density at radius 2 is 2.20 bits per heavy atom. The van der Waals surface area contributed by atoms with E-state index in [-0.39, 0.29) is 0 Å². The molecule has 20 heavy (non-hydrogen) atoms. The van der Waals surface area contributed by atoms with E-state index in [4.69, 9.17) is 10.5 Å². The van der Waals surface area contributed by atoms with Crippen LogP contribution in [0, 0.1) is 6.92 Å². The molecule has 0 aromatic heterocycles. The van der Waals surface area contributed by atoms with Gasteiger partial charge >= 0.3 is 0 Å². The maximum absolute atomic E-state index is 6.13. The summed E-state index contributed by atoms with van der Waals surface area (Å²) < 4.78 is 5.83. The molecule has 3 nitrogen and oxygen atoms in total. The van der Waals surface area contributed by atoms with Gasteiger partial charge < -0.3 is 15.4 Å². The van der Waals surface area contributed by atoms with E-state index in [1.807, 2.05) is 6.92 Å². The number of rotatable bonds is 5. The highest BCUT2D eigenvalue weighted by Gasteiger charge is 2.29. The van der Waals surface area contributed by atoms with Gasteiger partial charge in [0.05, 0.1) is 6.61 Å². The van der Waals surface area contributed by atoms with Gasteiger partial charge in [0.15, 0.2) is 0 Å². The average molecular weight is 276 g/mol. The van der Waals surface area contributed by atoms with E-state index in [0.29, 0.717) is 25.1 Å². The quantitative estimate of drug-likeness (QED) is 0.898. The molecule has 0 radical (unpaired) electrons. The fourth-order valence-electron chi connectivity index (χ4n) is 3.35. The first-order chi connectivity index (χ1) is 9.67. The van der Waals surface area contributed by atoms with Crippen molar-refractivity contribution in [1.29, 1.82) is 0 Å². The van der Waals surface area contributed by atoms with Crippen molar-refractivity contribution < 1.29 is 4.74 Å². The van der Waals surface area contributed by atoms with Crippen LogP contribution in [0.25, 0.3) is 0 Å². The van der Waals surface area contributed by atoms with Gasteiger partial charge in [-0.3, -0.25) is 0 Å². The molecule has 0 saturated carbocycles. The van der Waals surface area contributed by atoms with Crippen LogP contribution in [0.15, 0.2) is 18.2 Å². The van der Waals surface area contributed by atoms with Gasteiger partial charge in [-0.05, 0) is 46.3 Å². The molecule has 1 saturated heterocycles. The van der Waals surface area contributed by atoms with Crippen molar-refractivity contribution in [1.82, 2.24) is 4.90 Å². The van der Waals surface area contributed by atoms with Gasteiger partial charge in [0.1, 0.15) is 5.75 Å². The summed E-state index contributed by atoms with van der Waals surface area (Å²) in [5.41, 5.74) is 8.69. The minimum Gasteiger partial charge on any atom is -0.494 e. The number of hydrogen-bond donors (Lipinski definition) is 1. The molecule has 1 aromatic carbocycles. The van der Waals surface area contributed by atoms with Crippen LogP contribution in [0.4, 0.5) is 0 Å². The van der Waals surface area contributed by atoms with Crippen molar-refractivity contribution in [3.05, 3.63) is 29.3 Å². The summed E-state index contributed by atoms with van der Waals surface area (Å²) in [6.07, 6.45) is 3.84. The maximum atomic E-state index is 6.13. The summed E-state index contributed by atoms with van der Waals surface area (Å²) in [4.78, 5) is 2.47. The second-order valence-electron chi connectivity index (χ2n) is 5.86. The lowest BCUT2D eigenvalue weighted by Gasteiger charge is -2.38. The summed E-state index contributed by atoms with van der Waals surface area (Å²) in [6.45, 7) is 6.73. The van der Waals surface area contributed by atoms with Gasteiger partial charge in [-0.25, -0.2) is 0 Å². The summed E-state index contributed by atoms with van der Waals surface area (Å²) in [7, 11) is 2.22. The second kappa shape index (κ2) is 7.09. The third-order valence-electron chi connectivity index (χ3n) is 4.41. The van der Waals surface area contributed by atoms with Crippen molar-refractivity contribution in [3.8, 4) is 5.75 Å². The minimum absolute atomic E-state index is 0.363. The predicted octanol–water partition coefficient (Wildman–Crippen LogP) is 2.92. The highest BCUT2D eigenvalue weighted by Crippen LogP contribution is 2.34. The number of aryl methyl sites for hydroxylation is 1. The molecule has 3 heteroatoms. The van der Waals surface area contributed by atoms with E-state index < -0.39 is 0 Å². The van der Waals surface area contributed by atoms with Crippen LogP contribution < -0.4 is 10.5 Å². The molecule has 2 unspecified atom stereocenters. The second-order valence-corrected chi connectivity index (χ2v) is 5.86. The Kier molecular flexibility index (Phi) is 5.44. The predicted molar refractivity (Wildman–Crippen MR) is 84.4 cm³/mol. The number of nitrogens with two attached hydrogens (primary N) is 1. The Morgan fingerprint density at radius 3 is 2.85 bits per heavy atom. The number of ether oxygens (including phenoxy) is 1. The molecule has 2 N–H and O–H groups in total. The van der Waals surface area contributed by atoms with E-state index >= 15 is 0 Å². The van der Waals surface area contributed by atoms with Gasteiger partial charge in [0, 0.05) is 24.1 Å². The molecule has 1 heterocycles. The number of piperidine rings is 1. The first-order valence-corrected chi connectivity index (χ1v) is 7.81. The van der Waals surface area contributed by atoms with Gasteiger partial charge in [0.2, 0.25) is 0 Å². The van der Waals surface area contributed by atoms with E-state index in [2.05, 4.69) is 37.1 Å². The third kappa shape index (κ3) is 3.33. The lowest BCUT2D eigenvalue weighted by Crippen LogP contribution is -2.43. The smallest absolute Gasteiger partial charge is 0.122 e. The lowest BCUT2D eigenvalue weighted by atomic mass is 9.84. The van der Waals surface area contributed by atoms with Crippen molar-refractivity contribution >= 4 is 0 Å². The van der Waals surface area contributed by atoms with Crippen molar-refractivity contribution in [3.63, 3.8) is 0 Å². The number of likely N-dealkylation sites (tertiary alicyclic amines) is 1. The maximum Gasteiger partial charge on any atom is 0.122 e. The Balaban J connectivity index is 2.32. The van der Waals surface area contributed by atoms with Gasteiger partial charge in [0.25, 0.3) is 0 Å². The van der Waals surface area contributed by atoms with Crippen LogP contribution in [0.2, 0.25) is 0 Å². The summed E-state index contributed by atoms with van der Waals surface area (Å²) in [6, 6.07) is 7.01. The third-order valence-corrected chi connectivity index (χ3v) is 4.41. The number of likely N-dealkylation sites (N-methyl/N-ethyl adjacent to an activating group) is 1. The SMILES string of the molecule is CCOc1ccc(C)cc1C(CN)C1CCCCN1C. The van der Waals surface area contributed by atoms with E-state index in [0.717, 1.165) is 5.75 Å². The van der Waals surface area contributed by atoms with Crippen LogP contribution >= 0.6 is 0 Å². The van der Waals surface area contributed by atoms with Gasteiger partial charge in [-0.2, -0.15) is 0 Å². The normalized spacial score (nSPS) is 21.7. The molecule has 0 bridgehead atoms. The van der Waals surface area contributed by atoms with E-state index in [9.17, 15) is 0 Å². The monoisotopic (exact) mass is 276 g/mol.